The van der Waals surface area contributed by atoms with Crippen molar-refractivity contribution in [3.05, 3.63) is 65.5 Å². The maximum Gasteiger partial charge on any atom is 0.164 e. The van der Waals surface area contributed by atoms with Gasteiger partial charge in [0.05, 0.1) is 6.04 Å². The Morgan fingerprint density at radius 2 is 1.71 bits per heavy atom. The molecule has 0 heterocycles. The van der Waals surface area contributed by atoms with Crippen LogP contribution in [-0.4, -0.2) is 13.1 Å². The quantitative estimate of drug-likeness (QED) is 0.912. The Morgan fingerprint density at radius 1 is 1.05 bits per heavy atom. The second-order valence-electron chi connectivity index (χ2n) is 4.66. The van der Waals surface area contributed by atoms with Gasteiger partial charge in [0.1, 0.15) is 5.82 Å². The van der Waals surface area contributed by atoms with Gasteiger partial charge >= 0.3 is 0 Å². The van der Waals surface area contributed by atoms with Crippen molar-refractivity contribution in [2.24, 2.45) is 5.73 Å². The summed E-state index contributed by atoms with van der Waals surface area (Å²) in [5.41, 5.74) is 6.67. The van der Waals surface area contributed by atoms with E-state index in [1.807, 2.05) is 11.8 Å². The van der Waals surface area contributed by atoms with Crippen LogP contribution < -0.4 is 10.6 Å². The number of halogens is 3. The molecule has 2 nitrogen and oxygen atoms in total. The van der Waals surface area contributed by atoms with Crippen LogP contribution in [0.1, 0.15) is 18.5 Å². The molecule has 1 unspecified atom stereocenters. The highest BCUT2D eigenvalue weighted by Gasteiger charge is 2.23. The lowest BCUT2D eigenvalue weighted by Crippen LogP contribution is -2.34. The molecular formula is C16H17F3N2. The van der Waals surface area contributed by atoms with Gasteiger partial charge in [-0.25, -0.2) is 13.2 Å². The van der Waals surface area contributed by atoms with E-state index in [0.717, 1.165) is 6.07 Å². The van der Waals surface area contributed by atoms with Crippen LogP contribution in [0.25, 0.3) is 0 Å². The van der Waals surface area contributed by atoms with Crippen molar-refractivity contribution in [1.82, 2.24) is 0 Å². The Bertz CT molecular complexity index is 599. The smallest absolute Gasteiger partial charge is 0.164 e. The minimum Gasteiger partial charge on any atom is -0.363 e. The Morgan fingerprint density at radius 3 is 2.29 bits per heavy atom. The normalized spacial score (nSPS) is 12.2. The first kappa shape index (κ1) is 15.4. The Labute approximate surface area is 122 Å². The fraction of sp³-hybridized carbons (Fsp3) is 0.250. The molecule has 0 amide bonds. The minimum atomic E-state index is -0.902. The predicted molar refractivity (Wildman–Crippen MR) is 77.6 cm³/mol. The molecule has 0 aliphatic rings. The largest absolute Gasteiger partial charge is 0.363 e. The highest BCUT2D eigenvalue weighted by Crippen LogP contribution is 2.28. The zero-order chi connectivity index (χ0) is 15.4. The lowest BCUT2D eigenvalue weighted by Gasteiger charge is -2.32. The first-order valence-corrected chi connectivity index (χ1v) is 6.74. The molecule has 0 saturated heterocycles. The van der Waals surface area contributed by atoms with Crippen LogP contribution >= 0.6 is 0 Å². The Kier molecular flexibility index (Phi) is 4.85. The maximum atomic E-state index is 14.0. The number of hydrogen-bond donors (Lipinski definition) is 1. The van der Waals surface area contributed by atoms with Crippen molar-refractivity contribution in [1.29, 1.82) is 0 Å². The van der Waals surface area contributed by atoms with Crippen molar-refractivity contribution < 1.29 is 13.2 Å². The van der Waals surface area contributed by atoms with Crippen LogP contribution in [0.4, 0.5) is 18.9 Å². The summed E-state index contributed by atoms with van der Waals surface area (Å²) in [4.78, 5) is 1.82. The van der Waals surface area contributed by atoms with Crippen LogP contribution in [0.3, 0.4) is 0 Å². The van der Waals surface area contributed by atoms with Crippen LogP contribution in [0.15, 0.2) is 42.5 Å². The minimum absolute atomic E-state index is 0.117. The summed E-state index contributed by atoms with van der Waals surface area (Å²) in [6, 6.07) is 9.37. The van der Waals surface area contributed by atoms with Gasteiger partial charge in [-0.1, -0.05) is 12.1 Å². The average molecular weight is 294 g/mol. The maximum absolute atomic E-state index is 14.0. The molecule has 1 atom stereocenters. The molecule has 0 bridgehead atoms. The molecule has 0 fully saturated rings. The fourth-order valence-corrected chi connectivity index (χ4v) is 2.42. The first-order chi connectivity index (χ1) is 10.1. The van der Waals surface area contributed by atoms with Crippen LogP contribution in [0.5, 0.6) is 0 Å². The fourth-order valence-electron chi connectivity index (χ4n) is 2.42. The SMILES string of the molecule is CCN(c1ccc(F)cc1)C(CN)c1cccc(F)c1F. The number of benzene rings is 2. The van der Waals surface area contributed by atoms with Gasteiger partial charge in [-0.2, -0.15) is 0 Å². The van der Waals surface area contributed by atoms with Crippen LogP contribution in [0, 0.1) is 17.5 Å². The van der Waals surface area contributed by atoms with Gasteiger partial charge in [0.15, 0.2) is 11.6 Å². The highest BCUT2D eigenvalue weighted by molar-refractivity contribution is 5.49. The third kappa shape index (κ3) is 3.19. The lowest BCUT2D eigenvalue weighted by molar-refractivity contribution is 0.483. The number of nitrogens with zero attached hydrogens (tertiary/aromatic N) is 1. The third-order valence-electron chi connectivity index (χ3n) is 3.44. The van der Waals surface area contributed by atoms with Gasteiger partial charge in [-0.3, -0.25) is 0 Å². The van der Waals surface area contributed by atoms with E-state index in [1.54, 1.807) is 12.1 Å². The average Bonchev–Trinajstić information content (AvgIpc) is 2.49. The molecule has 0 spiro atoms. The molecule has 21 heavy (non-hydrogen) atoms. The molecule has 112 valence electrons. The van der Waals surface area contributed by atoms with E-state index in [-0.39, 0.29) is 17.9 Å². The number of rotatable bonds is 5. The number of nitrogens with two attached hydrogens (primary N) is 1. The summed E-state index contributed by atoms with van der Waals surface area (Å²) >= 11 is 0. The Hall–Kier alpha value is -2.01. The molecule has 0 radical (unpaired) electrons. The van der Waals surface area contributed by atoms with Crippen LogP contribution in [0.2, 0.25) is 0 Å². The van der Waals surface area contributed by atoms with Crippen molar-refractivity contribution in [3.8, 4) is 0 Å². The van der Waals surface area contributed by atoms with Crippen molar-refractivity contribution >= 4 is 5.69 Å². The second kappa shape index (κ2) is 6.63. The molecule has 2 aromatic rings. The monoisotopic (exact) mass is 294 g/mol. The highest BCUT2D eigenvalue weighted by atomic mass is 19.2. The summed E-state index contributed by atoms with van der Waals surface area (Å²) in [6.45, 7) is 2.53. The number of anilines is 1. The molecular weight excluding hydrogens is 277 g/mol. The molecule has 0 aliphatic heterocycles. The van der Waals surface area contributed by atoms with Crippen molar-refractivity contribution in [3.63, 3.8) is 0 Å². The van der Waals surface area contributed by atoms with Crippen molar-refractivity contribution in [2.45, 2.75) is 13.0 Å². The molecule has 0 aromatic heterocycles. The molecule has 2 aromatic carbocycles. The summed E-state index contributed by atoms with van der Waals surface area (Å²) < 4.78 is 40.4. The van der Waals surface area contributed by atoms with E-state index in [0.29, 0.717) is 12.2 Å². The summed E-state index contributed by atoms with van der Waals surface area (Å²) in [5, 5.41) is 0. The third-order valence-corrected chi connectivity index (χ3v) is 3.44. The van der Waals surface area contributed by atoms with Gasteiger partial charge in [-0.05, 0) is 37.3 Å². The molecule has 0 saturated carbocycles. The topological polar surface area (TPSA) is 29.3 Å². The zero-order valence-corrected chi connectivity index (χ0v) is 11.7. The summed E-state index contributed by atoms with van der Waals surface area (Å²) in [5.74, 6) is -2.15. The predicted octanol–water partition coefficient (Wildman–Crippen LogP) is 3.63. The van der Waals surface area contributed by atoms with E-state index in [1.165, 1.54) is 24.3 Å². The van der Waals surface area contributed by atoms with Crippen LogP contribution in [-0.2, 0) is 0 Å². The zero-order valence-electron chi connectivity index (χ0n) is 11.7. The molecule has 2 rings (SSSR count). The Balaban J connectivity index is 2.42. The van der Waals surface area contributed by atoms with Crippen molar-refractivity contribution in [2.75, 3.05) is 18.0 Å². The number of hydrogen-bond acceptors (Lipinski definition) is 2. The van der Waals surface area contributed by atoms with E-state index < -0.39 is 17.7 Å². The summed E-state index contributed by atoms with van der Waals surface area (Å²) in [7, 11) is 0. The molecule has 5 heteroatoms. The molecule has 2 N–H and O–H groups in total. The molecule has 0 aliphatic carbocycles. The number of likely N-dealkylation sites (N-methyl/N-ethyl adjacent to an activating group) is 1. The van der Waals surface area contributed by atoms with Gasteiger partial charge in [-0.15, -0.1) is 0 Å². The van der Waals surface area contributed by atoms with Gasteiger partial charge in [0, 0.05) is 24.3 Å². The first-order valence-electron chi connectivity index (χ1n) is 6.74. The van der Waals surface area contributed by atoms with E-state index in [4.69, 9.17) is 5.73 Å². The van der Waals surface area contributed by atoms with E-state index in [9.17, 15) is 13.2 Å². The lowest BCUT2D eigenvalue weighted by atomic mass is 10.0. The second-order valence-corrected chi connectivity index (χ2v) is 4.66. The van der Waals surface area contributed by atoms with Gasteiger partial charge < -0.3 is 10.6 Å². The van der Waals surface area contributed by atoms with E-state index in [2.05, 4.69) is 0 Å². The summed E-state index contributed by atoms with van der Waals surface area (Å²) in [6.07, 6.45) is 0. The van der Waals surface area contributed by atoms with E-state index >= 15 is 0 Å². The van der Waals surface area contributed by atoms with Gasteiger partial charge in [0.25, 0.3) is 0 Å². The standard InChI is InChI=1S/C16H17F3N2/c1-2-21(12-8-6-11(17)7-9-12)15(10-20)13-4-3-5-14(18)16(13)19/h3-9,15H,2,10,20H2,1H3. The van der Waals surface area contributed by atoms with Gasteiger partial charge in [0.2, 0.25) is 0 Å².